The van der Waals surface area contributed by atoms with Crippen LogP contribution < -0.4 is 15.8 Å². The maximum atomic E-state index is 11.1. The van der Waals surface area contributed by atoms with Gasteiger partial charge in [0.25, 0.3) is 0 Å². The molecule has 0 unspecified atom stereocenters. The molecular formula is C12H19IN4O2S. The predicted octanol–water partition coefficient (Wildman–Crippen LogP) is 1.24. The summed E-state index contributed by atoms with van der Waals surface area (Å²) >= 11 is 0. The minimum absolute atomic E-state index is 0. The summed E-state index contributed by atoms with van der Waals surface area (Å²) in [6.45, 7) is 0.477. The zero-order valence-electron chi connectivity index (χ0n) is 11.2. The number of hydrogen-bond donors (Lipinski definition) is 3. The van der Waals surface area contributed by atoms with Crippen LogP contribution in [0, 0.1) is 0 Å². The second-order valence-corrected chi connectivity index (χ2v) is 6.44. The van der Waals surface area contributed by atoms with E-state index >= 15 is 0 Å². The highest BCUT2D eigenvalue weighted by Gasteiger charge is 2.21. The van der Waals surface area contributed by atoms with Gasteiger partial charge in [-0.05, 0) is 30.5 Å². The van der Waals surface area contributed by atoms with Crippen molar-refractivity contribution >= 4 is 45.6 Å². The normalized spacial score (nSPS) is 15.3. The Labute approximate surface area is 136 Å². The maximum Gasteiger partial charge on any atom is 0.229 e. The molecule has 4 N–H and O–H groups in total. The van der Waals surface area contributed by atoms with Crippen LogP contribution in [-0.2, 0) is 16.6 Å². The number of aliphatic imine (C=N–C) groups is 1. The third-order valence-electron chi connectivity index (χ3n) is 2.62. The zero-order chi connectivity index (χ0) is 13.9. The molecule has 2 rings (SSSR count). The standard InChI is InChI=1S/C12H18N4O2S.HI/c1-19(17,18)16-11-4-2-9(3-5-11)8-14-12(13)15-10-6-7-10;/h2-5,10,16H,6-8H2,1H3,(H3,13,14,15);1H. The Bertz CT molecular complexity index is 568. The van der Waals surface area contributed by atoms with Crippen LogP contribution >= 0.6 is 24.0 Å². The van der Waals surface area contributed by atoms with E-state index in [0.717, 1.165) is 24.7 Å². The van der Waals surface area contributed by atoms with Gasteiger partial charge in [0.15, 0.2) is 5.96 Å². The summed E-state index contributed by atoms with van der Waals surface area (Å²) in [7, 11) is -3.23. The summed E-state index contributed by atoms with van der Waals surface area (Å²) in [5.74, 6) is 0.459. The van der Waals surface area contributed by atoms with Crippen molar-refractivity contribution in [1.29, 1.82) is 0 Å². The van der Waals surface area contributed by atoms with E-state index < -0.39 is 10.0 Å². The van der Waals surface area contributed by atoms with Gasteiger partial charge in [-0.1, -0.05) is 12.1 Å². The molecule has 1 saturated carbocycles. The molecule has 112 valence electrons. The summed E-state index contributed by atoms with van der Waals surface area (Å²) in [5.41, 5.74) is 7.24. The Morgan fingerprint density at radius 2 is 1.95 bits per heavy atom. The van der Waals surface area contributed by atoms with E-state index in [-0.39, 0.29) is 24.0 Å². The Kier molecular flexibility index (Phi) is 6.06. The Morgan fingerprint density at radius 3 is 2.45 bits per heavy atom. The first-order valence-corrected chi connectivity index (χ1v) is 7.95. The van der Waals surface area contributed by atoms with Crippen LogP contribution in [0.15, 0.2) is 29.3 Å². The average molecular weight is 410 g/mol. The molecular weight excluding hydrogens is 391 g/mol. The van der Waals surface area contributed by atoms with Crippen LogP contribution in [0.25, 0.3) is 0 Å². The fraction of sp³-hybridized carbons (Fsp3) is 0.417. The molecule has 1 aliphatic carbocycles. The summed E-state index contributed by atoms with van der Waals surface area (Å²) < 4.78 is 24.5. The van der Waals surface area contributed by atoms with Gasteiger partial charge in [-0.3, -0.25) is 4.72 Å². The molecule has 0 saturated heterocycles. The lowest BCUT2D eigenvalue weighted by molar-refractivity contribution is 0.607. The predicted molar refractivity (Wildman–Crippen MR) is 91.8 cm³/mol. The van der Waals surface area contributed by atoms with Crippen molar-refractivity contribution in [1.82, 2.24) is 5.32 Å². The van der Waals surface area contributed by atoms with Gasteiger partial charge in [0.05, 0.1) is 12.8 Å². The number of benzene rings is 1. The van der Waals surface area contributed by atoms with Crippen LogP contribution in [-0.4, -0.2) is 26.7 Å². The molecule has 0 radical (unpaired) electrons. The molecule has 0 atom stereocenters. The van der Waals surface area contributed by atoms with Crippen LogP contribution in [0.1, 0.15) is 18.4 Å². The van der Waals surface area contributed by atoms with E-state index in [2.05, 4.69) is 15.0 Å². The highest BCUT2D eigenvalue weighted by molar-refractivity contribution is 14.0. The van der Waals surface area contributed by atoms with Crippen molar-refractivity contribution in [3.05, 3.63) is 29.8 Å². The van der Waals surface area contributed by atoms with Crippen molar-refractivity contribution in [3.8, 4) is 0 Å². The van der Waals surface area contributed by atoms with E-state index in [0.29, 0.717) is 24.2 Å². The molecule has 8 heteroatoms. The molecule has 6 nitrogen and oxygen atoms in total. The van der Waals surface area contributed by atoms with Crippen molar-refractivity contribution in [2.75, 3.05) is 11.0 Å². The third kappa shape index (κ3) is 6.42. The van der Waals surface area contributed by atoms with E-state index in [9.17, 15) is 8.42 Å². The monoisotopic (exact) mass is 410 g/mol. The second kappa shape index (κ2) is 7.11. The van der Waals surface area contributed by atoms with Gasteiger partial charge < -0.3 is 11.1 Å². The fourth-order valence-corrected chi connectivity index (χ4v) is 2.12. The van der Waals surface area contributed by atoms with Crippen molar-refractivity contribution in [2.24, 2.45) is 10.7 Å². The lowest BCUT2D eigenvalue weighted by Gasteiger charge is -2.05. The molecule has 0 aromatic heterocycles. The van der Waals surface area contributed by atoms with Crippen molar-refractivity contribution in [2.45, 2.75) is 25.4 Å². The maximum absolute atomic E-state index is 11.1. The highest BCUT2D eigenvalue weighted by Crippen LogP contribution is 2.18. The largest absolute Gasteiger partial charge is 0.370 e. The molecule has 1 aromatic rings. The van der Waals surface area contributed by atoms with Crippen LogP contribution in [0.4, 0.5) is 5.69 Å². The van der Waals surface area contributed by atoms with Gasteiger partial charge in [-0.2, -0.15) is 0 Å². The molecule has 0 spiro atoms. The number of sulfonamides is 1. The molecule has 0 aliphatic heterocycles. The number of nitrogens with two attached hydrogens (primary N) is 1. The van der Waals surface area contributed by atoms with Crippen molar-refractivity contribution < 1.29 is 8.42 Å². The minimum atomic E-state index is -3.23. The number of rotatable bonds is 5. The van der Waals surface area contributed by atoms with E-state index in [4.69, 9.17) is 5.73 Å². The molecule has 1 aromatic carbocycles. The van der Waals surface area contributed by atoms with E-state index in [1.54, 1.807) is 12.1 Å². The van der Waals surface area contributed by atoms with Gasteiger partial charge in [-0.15, -0.1) is 24.0 Å². The summed E-state index contributed by atoms with van der Waals surface area (Å²) in [6, 6.07) is 7.54. The molecule has 0 heterocycles. The number of halogens is 1. The molecule has 0 amide bonds. The van der Waals surface area contributed by atoms with Crippen molar-refractivity contribution in [3.63, 3.8) is 0 Å². The summed E-state index contributed by atoms with van der Waals surface area (Å²) in [5, 5.41) is 3.10. The quantitative estimate of drug-likeness (QED) is 0.387. The molecule has 1 fully saturated rings. The van der Waals surface area contributed by atoms with Gasteiger partial charge in [-0.25, -0.2) is 13.4 Å². The van der Waals surface area contributed by atoms with E-state index in [1.165, 1.54) is 0 Å². The Morgan fingerprint density at radius 1 is 1.35 bits per heavy atom. The molecule has 20 heavy (non-hydrogen) atoms. The number of nitrogens with one attached hydrogen (secondary N) is 2. The molecule has 1 aliphatic rings. The smallest absolute Gasteiger partial charge is 0.229 e. The number of hydrogen-bond acceptors (Lipinski definition) is 3. The summed E-state index contributed by atoms with van der Waals surface area (Å²) in [6.07, 6.45) is 3.43. The van der Waals surface area contributed by atoms with E-state index in [1.807, 2.05) is 12.1 Å². The van der Waals surface area contributed by atoms with Crippen LogP contribution in [0.5, 0.6) is 0 Å². The van der Waals surface area contributed by atoms with Gasteiger partial charge >= 0.3 is 0 Å². The number of anilines is 1. The molecule has 0 bridgehead atoms. The minimum Gasteiger partial charge on any atom is -0.370 e. The zero-order valence-corrected chi connectivity index (χ0v) is 14.3. The third-order valence-corrected chi connectivity index (χ3v) is 3.23. The lowest BCUT2D eigenvalue weighted by atomic mass is 10.2. The number of guanidine groups is 1. The second-order valence-electron chi connectivity index (χ2n) is 4.69. The number of nitrogens with zero attached hydrogens (tertiary/aromatic N) is 1. The SMILES string of the molecule is CS(=O)(=O)Nc1ccc(CN=C(N)NC2CC2)cc1.I. The first-order valence-electron chi connectivity index (χ1n) is 6.05. The topological polar surface area (TPSA) is 96.6 Å². The average Bonchev–Trinajstić information content (AvgIpc) is 3.10. The highest BCUT2D eigenvalue weighted by atomic mass is 127. The van der Waals surface area contributed by atoms with Gasteiger partial charge in [0, 0.05) is 11.7 Å². The van der Waals surface area contributed by atoms with Gasteiger partial charge in [0.2, 0.25) is 10.0 Å². The lowest BCUT2D eigenvalue weighted by Crippen LogP contribution is -2.33. The summed E-state index contributed by atoms with van der Waals surface area (Å²) in [4.78, 5) is 4.22. The van der Waals surface area contributed by atoms with Crippen LogP contribution in [0.3, 0.4) is 0 Å². The Balaban J connectivity index is 0.00000200. The first-order chi connectivity index (χ1) is 8.92. The fourth-order valence-electron chi connectivity index (χ4n) is 1.55. The first kappa shape index (κ1) is 17.0. The van der Waals surface area contributed by atoms with Crippen LogP contribution in [0.2, 0.25) is 0 Å². The Hall–Kier alpha value is -1.03. The van der Waals surface area contributed by atoms with Gasteiger partial charge in [0.1, 0.15) is 0 Å².